The SMILES string of the molecule is Clc1cccc(N2CCN(CCCNCc3ccn[nH]3)CC2)c1. The van der Waals surface area contributed by atoms with Crippen LogP contribution in [0.15, 0.2) is 36.5 Å². The zero-order chi connectivity index (χ0) is 15.9. The van der Waals surface area contributed by atoms with Crippen LogP contribution in [0.3, 0.4) is 0 Å². The summed E-state index contributed by atoms with van der Waals surface area (Å²) in [7, 11) is 0. The first-order valence-corrected chi connectivity index (χ1v) is 8.61. The average Bonchev–Trinajstić information content (AvgIpc) is 3.08. The molecule has 0 bridgehead atoms. The van der Waals surface area contributed by atoms with E-state index in [0.29, 0.717) is 0 Å². The molecule has 0 atom stereocenters. The summed E-state index contributed by atoms with van der Waals surface area (Å²) < 4.78 is 0. The van der Waals surface area contributed by atoms with Gasteiger partial charge in [-0.15, -0.1) is 0 Å². The van der Waals surface area contributed by atoms with Gasteiger partial charge in [0.05, 0.1) is 0 Å². The predicted molar refractivity (Wildman–Crippen MR) is 95.0 cm³/mol. The fourth-order valence-corrected chi connectivity index (χ4v) is 3.12. The Morgan fingerprint density at radius 2 is 2.04 bits per heavy atom. The van der Waals surface area contributed by atoms with Gasteiger partial charge < -0.3 is 10.2 Å². The highest BCUT2D eigenvalue weighted by Gasteiger charge is 2.16. The van der Waals surface area contributed by atoms with Crippen LogP contribution in [0.5, 0.6) is 0 Å². The molecule has 1 fully saturated rings. The van der Waals surface area contributed by atoms with Gasteiger partial charge in [0, 0.05) is 55.3 Å². The lowest BCUT2D eigenvalue weighted by Crippen LogP contribution is -2.47. The van der Waals surface area contributed by atoms with Gasteiger partial charge >= 0.3 is 0 Å². The number of hydrogen-bond donors (Lipinski definition) is 2. The number of benzene rings is 1. The van der Waals surface area contributed by atoms with Gasteiger partial charge in [-0.05, 0) is 43.8 Å². The summed E-state index contributed by atoms with van der Waals surface area (Å²) in [6.45, 7) is 7.43. The molecule has 5 nitrogen and oxygen atoms in total. The fourth-order valence-electron chi connectivity index (χ4n) is 2.94. The minimum Gasteiger partial charge on any atom is -0.369 e. The van der Waals surface area contributed by atoms with E-state index in [-0.39, 0.29) is 0 Å². The minimum atomic E-state index is 0.813. The summed E-state index contributed by atoms with van der Waals surface area (Å²) in [4.78, 5) is 4.96. The molecule has 23 heavy (non-hydrogen) atoms. The number of nitrogens with one attached hydrogen (secondary N) is 2. The van der Waals surface area contributed by atoms with Gasteiger partial charge in [-0.3, -0.25) is 10.00 Å². The quantitative estimate of drug-likeness (QED) is 0.764. The Morgan fingerprint density at radius 1 is 1.17 bits per heavy atom. The molecule has 3 rings (SSSR count). The van der Waals surface area contributed by atoms with E-state index in [9.17, 15) is 0 Å². The first kappa shape index (κ1) is 16.3. The molecule has 1 aliphatic rings. The number of rotatable bonds is 7. The van der Waals surface area contributed by atoms with Crippen LogP contribution in [0.2, 0.25) is 5.02 Å². The van der Waals surface area contributed by atoms with E-state index in [1.165, 1.54) is 12.1 Å². The van der Waals surface area contributed by atoms with Gasteiger partial charge in [0.25, 0.3) is 0 Å². The summed E-state index contributed by atoms with van der Waals surface area (Å²) >= 11 is 6.08. The van der Waals surface area contributed by atoms with Crippen LogP contribution >= 0.6 is 11.6 Å². The molecule has 1 saturated heterocycles. The molecule has 1 aliphatic heterocycles. The smallest absolute Gasteiger partial charge is 0.0490 e. The Hall–Kier alpha value is -1.56. The maximum absolute atomic E-state index is 6.08. The molecule has 0 unspecified atom stereocenters. The standard InChI is InChI=1S/C17H24ClN5/c18-15-3-1-4-17(13-15)23-11-9-22(10-12-23)8-2-6-19-14-16-5-7-20-21-16/h1,3-5,7,13,19H,2,6,8-12,14H2,(H,20,21). The molecule has 2 heterocycles. The number of aromatic nitrogens is 2. The highest BCUT2D eigenvalue weighted by molar-refractivity contribution is 6.30. The van der Waals surface area contributed by atoms with Crippen molar-refractivity contribution < 1.29 is 0 Å². The van der Waals surface area contributed by atoms with Crippen molar-refractivity contribution in [2.45, 2.75) is 13.0 Å². The van der Waals surface area contributed by atoms with Gasteiger partial charge in [0.1, 0.15) is 0 Å². The number of H-pyrrole nitrogens is 1. The highest BCUT2D eigenvalue weighted by atomic mass is 35.5. The van der Waals surface area contributed by atoms with Crippen LogP contribution in [-0.4, -0.2) is 54.4 Å². The van der Waals surface area contributed by atoms with Gasteiger partial charge in [0.2, 0.25) is 0 Å². The molecule has 0 amide bonds. The van der Waals surface area contributed by atoms with Crippen LogP contribution in [0, 0.1) is 0 Å². The number of hydrogen-bond acceptors (Lipinski definition) is 4. The zero-order valence-electron chi connectivity index (χ0n) is 13.3. The van der Waals surface area contributed by atoms with E-state index in [0.717, 1.165) is 56.5 Å². The molecule has 1 aromatic heterocycles. The van der Waals surface area contributed by atoms with Crippen LogP contribution < -0.4 is 10.2 Å². The van der Waals surface area contributed by atoms with Gasteiger partial charge in [0.15, 0.2) is 0 Å². The molecule has 0 saturated carbocycles. The average molecular weight is 334 g/mol. The Bertz CT molecular complexity index is 578. The third-order valence-electron chi connectivity index (χ3n) is 4.25. The number of nitrogens with zero attached hydrogens (tertiary/aromatic N) is 3. The van der Waals surface area contributed by atoms with E-state index >= 15 is 0 Å². The predicted octanol–water partition coefficient (Wildman–Crippen LogP) is 2.37. The van der Waals surface area contributed by atoms with Crippen LogP contribution in [0.4, 0.5) is 5.69 Å². The third-order valence-corrected chi connectivity index (χ3v) is 4.48. The van der Waals surface area contributed by atoms with E-state index in [4.69, 9.17) is 11.6 Å². The van der Waals surface area contributed by atoms with Crippen LogP contribution in [0.1, 0.15) is 12.1 Å². The molecular formula is C17H24ClN5. The number of piperazine rings is 1. The van der Waals surface area contributed by atoms with Gasteiger partial charge in [-0.2, -0.15) is 5.10 Å². The third kappa shape index (κ3) is 4.96. The molecule has 2 aromatic rings. The van der Waals surface area contributed by atoms with Crippen molar-refractivity contribution in [3.63, 3.8) is 0 Å². The van der Waals surface area contributed by atoms with Crippen molar-refractivity contribution in [3.05, 3.63) is 47.2 Å². The summed E-state index contributed by atoms with van der Waals surface area (Å²) in [5, 5.41) is 11.2. The van der Waals surface area contributed by atoms with Crippen molar-refractivity contribution in [2.24, 2.45) is 0 Å². The lowest BCUT2D eigenvalue weighted by Gasteiger charge is -2.36. The lowest BCUT2D eigenvalue weighted by atomic mass is 10.2. The van der Waals surface area contributed by atoms with Crippen molar-refractivity contribution in [2.75, 3.05) is 44.2 Å². The van der Waals surface area contributed by atoms with Crippen molar-refractivity contribution >= 4 is 17.3 Å². The Morgan fingerprint density at radius 3 is 2.78 bits per heavy atom. The number of aromatic amines is 1. The highest BCUT2D eigenvalue weighted by Crippen LogP contribution is 2.20. The largest absolute Gasteiger partial charge is 0.369 e. The Kier molecular flexibility index (Phi) is 5.91. The number of halogens is 1. The summed E-state index contributed by atoms with van der Waals surface area (Å²) in [5.74, 6) is 0. The van der Waals surface area contributed by atoms with E-state index in [1.807, 2.05) is 18.2 Å². The fraction of sp³-hybridized carbons (Fsp3) is 0.471. The monoisotopic (exact) mass is 333 g/mol. The molecule has 124 valence electrons. The second kappa shape index (κ2) is 8.34. The first-order valence-electron chi connectivity index (χ1n) is 8.23. The number of anilines is 1. The van der Waals surface area contributed by atoms with Crippen LogP contribution in [0.25, 0.3) is 0 Å². The van der Waals surface area contributed by atoms with Crippen molar-refractivity contribution in [3.8, 4) is 0 Å². The summed E-state index contributed by atoms with van der Waals surface area (Å²) in [5.41, 5.74) is 2.37. The molecule has 2 N–H and O–H groups in total. The topological polar surface area (TPSA) is 47.2 Å². The Balaban J connectivity index is 1.31. The molecule has 0 spiro atoms. The van der Waals surface area contributed by atoms with Crippen molar-refractivity contribution in [1.82, 2.24) is 20.4 Å². The van der Waals surface area contributed by atoms with E-state index in [2.05, 4.69) is 37.4 Å². The second-order valence-electron chi connectivity index (χ2n) is 5.92. The van der Waals surface area contributed by atoms with E-state index < -0.39 is 0 Å². The molecule has 0 radical (unpaired) electrons. The summed E-state index contributed by atoms with van der Waals surface area (Å²) in [6, 6.07) is 10.1. The van der Waals surface area contributed by atoms with Gasteiger partial charge in [-0.25, -0.2) is 0 Å². The maximum Gasteiger partial charge on any atom is 0.0490 e. The molecule has 1 aromatic carbocycles. The summed E-state index contributed by atoms with van der Waals surface area (Å²) in [6.07, 6.45) is 2.96. The Labute approximate surface area is 142 Å². The lowest BCUT2D eigenvalue weighted by molar-refractivity contribution is 0.254. The van der Waals surface area contributed by atoms with Crippen LogP contribution in [-0.2, 0) is 6.54 Å². The second-order valence-corrected chi connectivity index (χ2v) is 6.36. The van der Waals surface area contributed by atoms with Gasteiger partial charge in [-0.1, -0.05) is 17.7 Å². The zero-order valence-corrected chi connectivity index (χ0v) is 14.1. The molecule has 0 aliphatic carbocycles. The molecule has 6 heteroatoms. The first-order chi connectivity index (χ1) is 11.3. The minimum absolute atomic E-state index is 0.813. The molecular weight excluding hydrogens is 310 g/mol. The van der Waals surface area contributed by atoms with E-state index in [1.54, 1.807) is 6.20 Å². The maximum atomic E-state index is 6.08. The van der Waals surface area contributed by atoms with Crippen molar-refractivity contribution in [1.29, 1.82) is 0 Å². The normalized spacial score (nSPS) is 16.0.